The maximum absolute atomic E-state index is 13.6. The first-order valence-electron chi connectivity index (χ1n) is 8.93. The van der Waals surface area contributed by atoms with Crippen molar-refractivity contribution in [2.75, 3.05) is 26.7 Å². The van der Waals surface area contributed by atoms with Crippen LogP contribution in [-0.2, 0) is 13.1 Å². The van der Waals surface area contributed by atoms with Gasteiger partial charge in [0.25, 0.3) is 5.91 Å². The number of piperidine rings is 1. The molecule has 9 heteroatoms. The molecule has 0 saturated carbocycles. The third-order valence-corrected chi connectivity index (χ3v) is 5.19. The Kier molecular flexibility index (Phi) is 5.96. The van der Waals surface area contributed by atoms with E-state index in [0.29, 0.717) is 24.8 Å². The van der Waals surface area contributed by atoms with E-state index in [9.17, 15) is 9.18 Å². The topological polar surface area (TPSA) is 72.3 Å². The van der Waals surface area contributed by atoms with Gasteiger partial charge in [0.05, 0.1) is 19.2 Å². The average molecular weight is 396 g/mol. The van der Waals surface area contributed by atoms with Crippen molar-refractivity contribution in [3.05, 3.63) is 41.2 Å². The van der Waals surface area contributed by atoms with Crippen LogP contribution in [0, 0.1) is 5.82 Å². The number of benzene rings is 1. The lowest BCUT2D eigenvalue weighted by Gasteiger charge is -2.32. The molecule has 0 spiro atoms. The zero-order valence-corrected chi connectivity index (χ0v) is 16.0. The first kappa shape index (κ1) is 19.6. The highest BCUT2D eigenvalue weighted by molar-refractivity contribution is 5.97. The summed E-state index contributed by atoms with van der Waals surface area (Å²) >= 11 is 0. The van der Waals surface area contributed by atoms with Crippen molar-refractivity contribution in [2.24, 2.45) is 0 Å². The predicted molar refractivity (Wildman–Crippen MR) is 99.8 cm³/mol. The molecule has 1 fully saturated rings. The van der Waals surface area contributed by atoms with Gasteiger partial charge in [-0.2, -0.15) is 0 Å². The fourth-order valence-electron chi connectivity index (χ4n) is 3.78. The molecule has 0 unspecified atom stereocenters. The van der Waals surface area contributed by atoms with Gasteiger partial charge in [-0.3, -0.25) is 4.79 Å². The molecule has 1 N–H and O–H groups in total. The second-order valence-electron chi connectivity index (χ2n) is 6.71. The fraction of sp³-hybridized carbons (Fsp3) is 0.500. The van der Waals surface area contributed by atoms with E-state index >= 15 is 0 Å². The number of aromatic nitrogens is 3. The third-order valence-electron chi connectivity index (χ3n) is 5.19. The number of ether oxygens (including phenoxy) is 1. The minimum atomic E-state index is -0.437. The van der Waals surface area contributed by atoms with Crippen molar-refractivity contribution in [1.82, 2.24) is 25.0 Å². The molecule has 0 atom stereocenters. The smallest absolute Gasteiger partial charge is 0.257 e. The summed E-state index contributed by atoms with van der Waals surface area (Å²) in [5, 5.41) is 12.0. The summed E-state index contributed by atoms with van der Waals surface area (Å²) < 4.78 is 21.0. The van der Waals surface area contributed by atoms with Crippen molar-refractivity contribution < 1.29 is 13.9 Å². The van der Waals surface area contributed by atoms with Crippen molar-refractivity contribution in [3.63, 3.8) is 0 Å². The Bertz CT molecular complexity index is 820. The van der Waals surface area contributed by atoms with E-state index in [1.807, 2.05) is 0 Å². The first-order valence-corrected chi connectivity index (χ1v) is 8.93. The molecule has 0 aliphatic carbocycles. The van der Waals surface area contributed by atoms with Crippen LogP contribution in [-0.4, -0.2) is 52.3 Å². The van der Waals surface area contributed by atoms with E-state index in [2.05, 4.69) is 20.1 Å². The molecule has 27 heavy (non-hydrogen) atoms. The molecular weight excluding hydrogens is 373 g/mol. The predicted octanol–water partition coefficient (Wildman–Crippen LogP) is 1.97. The van der Waals surface area contributed by atoms with Crippen LogP contribution < -0.4 is 10.1 Å². The molecule has 7 nitrogen and oxygen atoms in total. The number of methoxy groups -OCH3 is 1. The summed E-state index contributed by atoms with van der Waals surface area (Å²) in [5.74, 6) is 2.08. The SMILES string of the molecule is COc1ccc(F)cc1C(=O)N1CCC(c2nnc3n2CCNC3)CC1.Cl. The number of rotatable bonds is 3. The summed E-state index contributed by atoms with van der Waals surface area (Å²) in [4.78, 5) is 14.6. The van der Waals surface area contributed by atoms with Gasteiger partial charge in [-0.25, -0.2) is 4.39 Å². The van der Waals surface area contributed by atoms with Crippen LogP contribution in [0.5, 0.6) is 5.75 Å². The number of halogens is 2. The van der Waals surface area contributed by atoms with Crippen molar-refractivity contribution in [1.29, 1.82) is 0 Å². The van der Waals surface area contributed by atoms with Gasteiger partial charge in [0, 0.05) is 32.1 Å². The van der Waals surface area contributed by atoms with Gasteiger partial charge in [0.1, 0.15) is 23.2 Å². The van der Waals surface area contributed by atoms with Gasteiger partial charge in [-0.15, -0.1) is 22.6 Å². The van der Waals surface area contributed by atoms with E-state index in [-0.39, 0.29) is 23.9 Å². The Morgan fingerprint density at radius 2 is 2.04 bits per heavy atom. The lowest BCUT2D eigenvalue weighted by Crippen LogP contribution is -2.39. The van der Waals surface area contributed by atoms with Gasteiger partial charge in [-0.1, -0.05) is 0 Å². The van der Waals surface area contributed by atoms with Crippen LogP contribution in [0.3, 0.4) is 0 Å². The molecule has 3 heterocycles. The highest BCUT2D eigenvalue weighted by Crippen LogP contribution is 2.30. The molecule has 2 aliphatic rings. The summed E-state index contributed by atoms with van der Waals surface area (Å²) in [7, 11) is 1.49. The monoisotopic (exact) mass is 395 g/mol. The summed E-state index contributed by atoms with van der Waals surface area (Å²) in [5.41, 5.74) is 0.275. The van der Waals surface area contributed by atoms with Gasteiger partial charge in [0.15, 0.2) is 0 Å². The Hall–Kier alpha value is -2.19. The number of nitrogens with one attached hydrogen (secondary N) is 1. The van der Waals surface area contributed by atoms with Crippen molar-refractivity contribution in [3.8, 4) is 5.75 Å². The van der Waals surface area contributed by atoms with E-state index < -0.39 is 5.82 Å². The number of likely N-dealkylation sites (tertiary alicyclic amines) is 1. The molecule has 1 aromatic carbocycles. The highest BCUT2D eigenvalue weighted by Gasteiger charge is 2.30. The number of amides is 1. The van der Waals surface area contributed by atoms with Crippen LogP contribution in [0.25, 0.3) is 0 Å². The van der Waals surface area contributed by atoms with E-state index in [0.717, 1.165) is 44.1 Å². The second-order valence-corrected chi connectivity index (χ2v) is 6.71. The molecule has 1 amide bonds. The average Bonchev–Trinajstić information content (AvgIpc) is 3.11. The summed E-state index contributed by atoms with van der Waals surface area (Å²) in [6, 6.07) is 4.03. The number of carbonyl (C=O) groups excluding carboxylic acids is 1. The third kappa shape index (κ3) is 3.77. The van der Waals surface area contributed by atoms with Crippen molar-refractivity contribution in [2.45, 2.75) is 31.8 Å². The number of hydrogen-bond acceptors (Lipinski definition) is 5. The highest BCUT2D eigenvalue weighted by atomic mass is 35.5. The lowest BCUT2D eigenvalue weighted by molar-refractivity contribution is 0.0706. The molecule has 1 aromatic heterocycles. The Morgan fingerprint density at radius 3 is 2.78 bits per heavy atom. The molecule has 2 aliphatic heterocycles. The Labute approximate surface area is 163 Å². The maximum Gasteiger partial charge on any atom is 0.257 e. The molecule has 0 radical (unpaired) electrons. The number of carbonyl (C=O) groups is 1. The van der Waals surface area contributed by atoms with Crippen LogP contribution in [0.2, 0.25) is 0 Å². The van der Waals surface area contributed by atoms with Gasteiger partial charge < -0.3 is 19.5 Å². The zero-order chi connectivity index (χ0) is 18.1. The molecule has 1 saturated heterocycles. The van der Waals surface area contributed by atoms with Crippen molar-refractivity contribution >= 4 is 18.3 Å². The van der Waals surface area contributed by atoms with Gasteiger partial charge >= 0.3 is 0 Å². The quantitative estimate of drug-likeness (QED) is 0.860. The normalized spacial score (nSPS) is 17.2. The minimum Gasteiger partial charge on any atom is -0.496 e. The standard InChI is InChI=1S/C18H22FN5O2.ClH/c1-26-15-3-2-13(19)10-14(15)18(25)23-7-4-12(5-8-23)17-22-21-16-11-20-6-9-24(16)17;/h2-3,10,12,20H,4-9,11H2,1H3;1H. The molecular formula is C18H23ClFN5O2. The van der Waals surface area contributed by atoms with Crippen LogP contribution >= 0.6 is 12.4 Å². The zero-order valence-electron chi connectivity index (χ0n) is 15.2. The molecule has 4 rings (SSSR count). The van der Waals surface area contributed by atoms with Gasteiger partial charge in [0.2, 0.25) is 0 Å². The summed E-state index contributed by atoms with van der Waals surface area (Å²) in [6.07, 6.45) is 1.66. The van der Waals surface area contributed by atoms with E-state index in [4.69, 9.17) is 4.74 Å². The number of fused-ring (bicyclic) bond motifs is 1. The van der Waals surface area contributed by atoms with Crippen LogP contribution in [0.4, 0.5) is 4.39 Å². The van der Waals surface area contributed by atoms with Crippen LogP contribution in [0.15, 0.2) is 18.2 Å². The van der Waals surface area contributed by atoms with Gasteiger partial charge in [-0.05, 0) is 31.0 Å². The van der Waals surface area contributed by atoms with Crippen LogP contribution in [0.1, 0.15) is 40.8 Å². The van der Waals surface area contributed by atoms with E-state index in [1.54, 1.807) is 4.90 Å². The fourth-order valence-corrected chi connectivity index (χ4v) is 3.78. The largest absolute Gasteiger partial charge is 0.496 e. The molecule has 2 aromatic rings. The molecule has 0 bridgehead atoms. The Balaban J connectivity index is 0.00000210. The number of nitrogens with zero attached hydrogens (tertiary/aromatic N) is 4. The Morgan fingerprint density at radius 1 is 1.26 bits per heavy atom. The minimum absolute atomic E-state index is 0. The molecule has 146 valence electrons. The summed E-state index contributed by atoms with van der Waals surface area (Å²) in [6.45, 7) is 3.79. The second kappa shape index (κ2) is 8.22. The maximum atomic E-state index is 13.6. The first-order chi connectivity index (χ1) is 12.7. The lowest BCUT2D eigenvalue weighted by atomic mass is 9.95. The van der Waals surface area contributed by atoms with E-state index in [1.165, 1.54) is 25.3 Å². The number of hydrogen-bond donors (Lipinski definition) is 1.